The Balaban J connectivity index is 2.34. The molecule has 1 aliphatic rings. The van der Waals surface area contributed by atoms with Gasteiger partial charge in [0.1, 0.15) is 0 Å². The second-order valence-corrected chi connectivity index (χ2v) is 10.3. The molecule has 0 radical (unpaired) electrons. The first-order chi connectivity index (χ1) is 5.64. The van der Waals surface area contributed by atoms with Gasteiger partial charge in [-0.2, -0.15) is 0 Å². The van der Waals surface area contributed by atoms with Crippen LogP contribution in [0.5, 0.6) is 0 Å². The Hall–Kier alpha value is 1.61. The van der Waals surface area contributed by atoms with E-state index >= 15 is 0 Å². The van der Waals surface area contributed by atoms with Crippen LogP contribution in [0.15, 0.2) is 0 Å². The molecule has 0 aromatic carbocycles. The second-order valence-electron chi connectivity index (χ2n) is 2.91. The first-order valence-corrected chi connectivity index (χ1v) is 8.94. The van der Waals surface area contributed by atoms with Crippen molar-refractivity contribution >= 4 is 28.9 Å². The van der Waals surface area contributed by atoms with E-state index in [0.29, 0.717) is 5.25 Å². The second kappa shape index (κ2) is 5.48. The summed E-state index contributed by atoms with van der Waals surface area (Å²) < 4.78 is 4.89. The summed E-state index contributed by atoms with van der Waals surface area (Å²) in [5, 5.41) is 0.538. The molecule has 0 bridgehead atoms. The van der Waals surface area contributed by atoms with Crippen LogP contribution in [0.4, 0.5) is 0 Å². The van der Waals surface area contributed by atoms with Crippen molar-refractivity contribution in [3.63, 3.8) is 0 Å². The molecule has 0 aromatic rings. The molecule has 1 saturated carbocycles. The van der Waals surface area contributed by atoms with Gasteiger partial charge in [-0.1, -0.05) is 0 Å². The predicted octanol–water partition coefficient (Wildman–Crippen LogP) is 2.75. The molecule has 12 heavy (non-hydrogen) atoms. The van der Waals surface area contributed by atoms with E-state index in [4.69, 9.17) is 15.0 Å². The molecule has 0 spiro atoms. The summed E-state index contributed by atoms with van der Waals surface area (Å²) in [6.45, 7) is 0. The van der Waals surface area contributed by atoms with Crippen molar-refractivity contribution in [2.24, 2.45) is 0 Å². The first kappa shape index (κ1) is 11.7. The predicted molar refractivity (Wildman–Crippen MR) is 52.1 cm³/mol. The number of hydrogen-bond donors (Lipinski definition) is 1. The van der Waals surface area contributed by atoms with Gasteiger partial charge >= 0.3 is 94.5 Å². The Labute approximate surface area is 94.1 Å². The molecular formula is C6H12MoO2PS2. The number of rotatable bonds is 3. The molecule has 0 heterocycles. The van der Waals surface area contributed by atoms with E-state index in [9.17, 15) is 4.89 Å². The van der Waals surface area contributed by atoms with Gasteiger partial charge in [-0.25, -0.2) is 0 Å². The van der Waals surface area contributed by atoms with Gasteiger partial charge in [-0.15, -0.1) is 0 Å². The molecule has 0 aromatic heterocycles. The Morgan fingerprint density at radius 3 is 2.50 bits per heavy atom. The molecule has 1 aliphatic carbocycles. The van der Waals surface area contributed by atoms with Crippen molar-refractivity contribution in [2.75, 3.05) is 0 Å². The van der Waals surface area contributed by atoms with Gasteiger partial charge in [0.15, 0.2) is 0 Å². The average Bonchev–Trinajstić information content (AvgIpc) is 2.06. The summed E-state index contributed by atoms with van der Waals surface area (Å²) in [6, 6.07) is 0. The summed E-state index contributed by atoms with van der Waals surface area (Å²) in [7, 11) is 0. The monoisotopic (exact) mass is 309 g/mol. The molecule has 71 valence electrons. The van der Waals surface area contributed by atoms with Crippen LogP contribution in [0.2, 0.25) is 0 Å². The topological polar surface area (TPSA) is 29.5 Å². The molecular weight excluding hydrogens is 295 g/mol. The third-order valence-electron chi connectivity index (χ3n) is 1.93. The van der Waals surface area contributed by atoms with E-state index in [-0.39, 0.29) is 0 Å². The van der Waals surface area contributed by atoms with Gasteiger partial charge in [0.2, 0.25) is 0 Å². The van der Waals surface area contributed by atoms with Crippen LogP contribution in [0.3, 0.4) is 0 Å². The van der Waals surface area contributed by atoms with Crippen LogP contribution in [-0.4, -0.2) is 10.1 Å². The summed E-state index contributed by atoms with van der Waals surface area (Å²) in [5.41, 5.74) is -2.49. The normalized spacial score (nSPS) is 25.1. The van der Waals surface area contributed by atoms with Crippen molar-refractivity contribution in [1.82, 2.24) is 0 Å². The quantitative estimate of drug-likeness (QED) is 0.641. The molecule has 0 saturated heterocycles. The van der Waals surface area contributed by atoms with E-state index in [1.54, 1.807) is 0 Å². The Kier molecular flexibility index (Phi) is 5.33. The molecule has 1 fully saturated rings. The Morgan fingerprint density at radius 2 is 2.00 bits per heavy atom. The molecule has 1 rings (SSSR count). The summed E-state index contributed by atoms with van der Waals surface area (Å²) in [5.74, 6) is 0. The van der Waals surface area contributed by atoms with Crippen molar-refractivity contribution in [2.45, 2.75) is 37.4 Å². The molecule has 1 atom stereocenters. The third kappa shape index (κ3) is 4.21. The maximum absolute atomic E-state index is 9.54. The summed E-state index contributed by atoms with van der Waals surface area (Å²) in [6.07, 6.45) is 6.26. The minimum absolute atomic E-state index is 0.538. The minimum atomic E-state index is -2.49. The van der Waals surface area contributed by atoms with Gasteiger partial charge in [-0.3, -0.25) is 0 Å². The van der Waals surface area contributed by atoms with Crippen molar-refractivity contribution < 1.29 is 28.3 Å². The van der Waals surface area contributed by atoms with Crippen molar-refractivity contribution in [3.8, 4) is 0 Å². The standard InChI is InChI=1S/C6H13O2PS2.Mo/c7-9(8,10)11-6-4-2-1-3-5-6;/h6H,1-5H2,(H2,7,8,10);/q;+1/p-1. The van der Waals surface area contributed by atoms with Gasteiger partial charge in [0.05, 0.1) is 0 Å². The Morgan fingerprint density at radius 1 is 1.42 bits per heavy atom. The average molecular weight is 307 g/mol. The summed E-state index contributed by atoms with van der Waals surface area (Å²) >= 11 is 7.85. The van der Waals surface area contributed by atoms with Crippen LogP contribution in [0.1, 0.15) is 32.1 Å². The zero-order valence-electron chi connectivity index (χ0n) is 6.64. The zero-order chi connectivity index (χ0) is 9.03. The fraction of sp³-hybridized carbons (Fsp3) is 1.00. The van der Waals surface area contributed by atoms with Crippen LogP contribution in [0, 0.1) is 0 Å². The fourth-order valence-corrected chi connectivity index (χ4v) is 6.07. The molecule has 0 amide bonds. The molecule has 0 aliphatic heterocycles. The van der Waals surface area contributed by atoms with Gasteiger partial charge < -0.3 is 0 Å². The van der Waals surface area contributed by atoms with E-state index in [1.807, 2.05) is 0 Å². The van der Waals surface area contributed by atoms with Crippen LogP contribution in [-0.2, 0) is 35.2 Å². The van der Waals surface area contributed by atoms with Gasteiger partial charge in [0, 0.05) is 0 Å². The molecule has 1 unspecified atom stereocenters. The van der Waals surface area contributed by atoms with Crippen LogP contribution in [0.25, 0.3) is 0 Å². The van der Waals surface area contributed by atoms with E-state index in [0.717, 1.165) is 0 Å². The van der Waals surface area contributed by atoms with Crippen molar-refractivity contribution in [1.29, 1.82) is 0 Å². The molecule has 2 nitrogen and oxygen atoms in total. The third-order valence-corrected chi connectivity index (χ3v) is 9.17. The maximum atomic E-state index is 9.54. The van der Waals surface area contributed by atoms with E-state index in [2.05, 4.69) is 0 Å². The first-order valence-electron chi connectivity index (χ1n) is 3.97. The molecule has 1 N–H and O–H groups in total. The zero-order valence-corrected chi connectivity index (χ0v) is 11.2. The van der Waals surface area contributed by atoms with Gasteiger partial charge in [-0.05, 0) is 0 Å². The van der Waals surface area contributed by atoms with Crippen LogP contribution < -0.4 is 0 Å². The SMILES string of the molecule is OP(=S)([O][Mo])SC1CCCCC1. The number of hydrogen-bond acceptors (Lipinski definition) is 3. The molecule has 6 heteroatoms. The van der Waals surface area contributed by atoms with Gasteiger partial charge in [0.25, 0.3) is 0 Å². The van der Waals surface area contributed by atoms with E-state index < -0.39 is 5.69 Å². The van der Waals surface area contributed by atoms with Crippen molar-refractivity contribution in [3.05, 3.63) is 0 Å². The van der Waals surface area contributed by atoms with Crippen LogP contribution >= 0.6 is 17.1 Å². The summed E-state index contributed by atoms with van der Waals surface area (Å²) in [4.78, 5) is 9.54. The Bertz CT molecular complexity index is 184. The fourth-order valence-electron chi connectivity index (χ4n) is 1.38. The van der Waals surface area contributed by atoms with E-state index in [1.165, 1.54) is 63.7 Å².